The molecule has 3 rings (SSSR count). The van der Waals surface area contributed by atoms with Crippen molar-refractivity contribution in [1.82, 2.24) is 14.9 Å². The molecule has 2 fully saturated rings. The monoisotopic (exact) mass is 274 g/mol. The highest BCUT2D eigenvalue weighted by molar-refractivity contribution is 5.33. The molecule has 3 heterocycles. The molecule has 1 aromatic heterocycles. The predicted molar refractivity (Wildman–Crippen MR) is 82.1 cm³/mol. The Bertz CT molecular complexity index is 465. The molecule has 2 unspecified atom stereocenters. The number of hydrogen-bond donors (Lipinski definition) is 0. The summed E-state index contributed by atoms with van der Waals surface area (Å²) >= 11 is 0. The Kier molecular flexibility index (Phi) is 3.67. The first-order valence-electron chi connectivity index (χ1n) is 7.89. The fourth-order valence-electron chi connectivity index (χ4n) is 3.98. The Balaban J connectivity index is 1.83. The number of nitrogens with zero attached hydrogens (tertiary/aromatic N) is 4. The van der Waals surface area contributed by atoms with Gasteiger partial charge >= 0.3 is 0 Å². The maximum absolute atomic E-state index is 4.65. The van der Waals surface area contributed by atoms with Crippen LogP contribution in [0.4, 0.5) is 5.95 Å². The summed E-state index contributed by atoms with van der Waals surface area (Å²) in [6.07, 6.45) is 3.93. The van der Waals surface area contributed by atoms with Crippen molar-refractivity contribution in [3.05, 3.63) is 17.5 Å². The predicted octanol–water partition coefficient (Wildman–Crippen LogP) is 2.54. The van der Waals surface area contributed by atoms with E-state index in [1.165, 1.54) is 19.3 Å². The van der Waals surface area contributed by atoms with Crippen LogP contribution in [0.25, 0.3) is 0 Å². The van der Waals surface area contributed by atoms with Crippen LogP contribution in [-0.2, 0) is 0 Å². The highest BCUT2D eigenvalue weighted by atomic mass is 15.3. The van der Waals surface area contributed by atoms with E-state index in [4.69, 9.17) is 0 Å². The van der Waals surface area contributed by atoms with Crippen molar-refractivity contribution in [1.29, 1.82) is 0 Å². The van der Waals surface area contributed by atoms with Gasteiger partial charge in [0, 0.05) is 42.6 Å². The smallest absolute Gasteiger partial charge is 0.225 e. The lowest BCUT2D eigenvalue weighted by atomic mass is 10.1. The zero-order chi connectivity index (χ0) is 14.3. The zero-order valence-electron chi connectivity index (χ0n) is 13.1. The van der Waals surface area contributed by atoms with Gasteiger partial charge in [0.05, 0.1) is 0 Å². The Morgan fingerprint density at radius 3 is 2.35 bits per heavy atom. The second kappa shape index (κ2) is 5.32. The summed E-state index contributed by atoms with van der Waals surface area (Å²) < 4.78 is 0. The summed E-state index contributed by atoms with van der Waals surface area (Å²) in [5, 5.41) is 0. The molecule has 0 N–H and O–H groups in total. The normalized spacial score (nSPS) is 27.1. The molecule has 2 bridgehead atoms. The van der Waals surface area contributed by atoms with Crippen LogP contribution in [0.5, 0.6) is 0 Å². The summed E-state index contributed by atoms with van der Waals surface area (Å²) in [5.74, 6) is 0.929. The van der Waals surface area contributed by atoms with Crippen molar-refractivity contribution in [2.45, 2.75) is 65.1 Å². The summed E-state index contributed by atoms with van der Waals surface area (Å²) in [7, 11) is 0. The summed E-state index contributed by atoms with van der Waals surface area (Å²) in [5.41, 5.74) is 2.14. The zero-order valence-corrected chi connectivity index (χ0v) is 13.1. The minimum atomic E-state index is 0.646. The van der Waals surface area contributed by atoms with Crippen molar-refractivity contribution >= 4 is 5.95 Å². The fourth-order valence-corrected chi connectivity index (χ4v) is 3.98. The average Bonchev–Trinajstić information content (AvgIpc) is 2.63. The molecule has 4 nitrogen and oxygen atoms in total. The van der Waals surface area contributed by atoms with Gasteiger partial charge in [0.25, 0.3) is 0 Å². The quantitative estimate of drug-likeness (QED) is 0.829. The second-order valence-electron chi connectivity index (χ2n) is 6.61. The Morgan fingerprint density at radius 1 is 1.05 bits per heavy atom. The largest absolute Gasteiger partial charge is 0.339 e. The number of hydrogen-bond acceptors (Lipinski definition) is 4. The van der Waals surface area contributed by atoms with Crippen LogP contribution in [0.2, 0.25) is 0 Å². The third kappa shape index (κ3) is 2.53. The van der Waals surface area contributed by atoms with Crippen LogP contribution in [0.1, 0.15) is 44.5 Å². The third-order valence-electron chi connectivity index (χ3n) is 4.69. The summed E-state index contributed by atoms with van der Waals surface area (Å²) in [6, 6.07) is 4.13. The van der Waals surface area contributed by atoms with E-state index < -0.39 is 0 Å². The van der Waals surface area contributed by atoms with Gasteiger partial charge in [-0.2, -0.15) is 0 Å². The van der Waals surface area contributed by atoms with Gasteiger partial charge in [-0.1, -0.05) is 0 Å². The van der Waals surface area contributed by atoms with E-state index in [0.717, 1.165) is 36.5 Å². The molecule has 2 aliphatic rings. The number of aromatic nitrogens is 2. The second-order valence-corrected chi connectivity index (χ2v) is 6.61. The van der Waals surface area contributed by atoms with E-state index in [-0.39, 0.29) is 0 Å². The molecule has 4 heteroatoms. The third-order valence-corrected chi connectivity index (χ3v) is 4.69. The van der Waals surface area contributed by atoms with Crippen LogP contribution in [0.3, 0.4) is 0 Å². The van der Waals surface area contributed by atoms with Gasteiger partial charge in [-0.15, -0.1) is 0 Å². The van der Waals surface area contributed by atoms with Crippen molar-refractivity contribution in [3.63, 3.8) is 0 Å². The van der Waals surface area contributed by atoms with E-state index in [0.29, 0.717) is 12.1 Å². The molecule has 0 amide bonds. The lowest BCUT2D eigenvalue weighted by Gasteiger charge is -2.32. The molecule has 2 atom stereocenters. The van der Waals surface area contributed by atoms with Gasteiger partial charge in [-0.3, -0.25) is 4.90 Å². The molecule has 1 aromatic rings. The Morgan fingerprint density at radius 2 is 1.70 bits per heavy atom. The van der Waals surface area contributed by atoms with Gasteiger partial charge in [-0.25, -0.2) is 9.97 Å². The van der Waals surface area contributed by atoms with Crippen molar-refractivity contribution < 1.29 is 0 Å². The summed E-state index contributed by atoms with van der Waals surface area (Å²) in [6.45, 7) is 10.9. The minimum Gasteiger partial charge on any atom is -0.339 e. The van der Waals surface area contributed by atoms with Gasteiger partial charge in [0.15, 0.2) is 0 Å². The van der Waals surface area contributed by atoms with Crippen LogP contribution < -0.4 is 4.90 Å². The fraction of sp³-hybridized carbons (Fsp3) is 0.750. The van der Waals surface area contributed by atoms with Gasteiger partial charge < -0.3 is 4.90 Å². The van der Waals surface area contributed by atoms with Crippen LogP contribution in [0.15, 0.2) is 6.07 Å². The van der Waals surface area contributed by atoms with Crippen molar-refractivity contribution in [2.24, 2.45) is 0 Å². The Labute approximate surface area is 122 Å². The first kappa shape index (κ1) is 13.8. The maximum Gasteiger partial charge on any atom is 0.225 e. The Hall–Kier alpha value is -1.16. The molecule has 110 valence electrons. The van der Waals surface area contributed by atoms with E-state index in [1.807, 2.05) is 6.07 Å². The molecule has 0 radical (unpaired) electrons. The lowest BCUT2D eigenvalue weighted by Crippen LogP contribution is -2.43. The summed E-state index contributed by atoms with van der Waals surface area (Å²) in [4.78, 5) is 14.4. The van der Waals surface area contributed by atoms with E-state index in [9.17, 15) is 0 Å². The SMILES string of the molecule is Cc1cc(C)nc(N2CCC3CCC(C2)N3C(C)C)n1. The highest BCUT2D eigenvalue weighted by Crippen LogP contribution is 2.32. The average molecular weight is 274 g/mol. The molecule has 2 aliphatic heterocycles. The van der Waals surface area contributed by atoms with E-state index in [1.54, 1.807) is 0 Å². The van der Waals surface area contributed by atoms with Gasteiger partial charge in [0.2, 0.25) is 5.95 Å². The first-order chi connectivity index (χ1) is 9.54. The maximum atomic E-state index is 4.65. The molecule has 0 spiro atoms. The lowest BCUT2D eigenvalue weighted by molar-refractivity contribution is 0.158. The van der Waals surface area contributed by atoms with Gasteiger partial charge in [-0.05, 0) is 53.0 Å². The van der Waals surface area contributed by atoms with Crippen LogP contribution in [-0.4, -0.2) is 46.1 Å². The number of fused-ring (bicyclic) bond motifs is 2. The molecular formula is C16H26N4. The molecule has 20 heavy (non-hydrogen) atoms. The highest BCUT2D eigenvalue weighted by Gasteiger charge is 2.38. The van der Waals surface area contributed by atoms with Crippen molar-refractivity contribution in [3.8, 4) is 0 Å². The molecule has 2 saturated heterocycles. The number of aryl methyl sites for hydroxylation is 2. The van der Waals surface area contributed by atoms with Crippen LogP contribution in [0, 0.1) is 13.8 Å². The molecule has 0 aromatic carbocycles. The van der Waals surface area contributed by atoms with Crippen LogP contribution >= 0.6 is 0 Å². The minimum absolute atomic E-state index is 0.646. The van der Waals surface area contributed by atoms with Crippen molar-refractivity contribution in [2.75, 3.05) is 18.0 Å². The van der Waals surface area contributed by atoms with E-state index in [2.05, 4.69) is 47.5 Å². The van der Waals surface area contributed by atoms with E-state index >= 15 is 0 Å². The molecular weight excluding hydrogens is 248 g/mol. The van der Waals surface area contributed by atoms with Gasteiger partial charge in [0.1, 0.15) is 0 Å². The first-order valence-corrected chi connectivity index (χ1v) is 7.89. The molecule has 0 aliphatic carbocycles. The standard InChI is InChI=1S/C16H26N4/c1-11(2)20-14-5-6-15(20)10-19(8-7-14)16-17-12(3)9-13(4)18-16/h9,11,14-15H,5-8,10H2,1-4H3. The molecule has 0 saturated carbocycles. The number of anilines is 1. The number of rotatable bonds is 2. The topological polar surface area (TPSA) is 32.3 Å².